The molecule has 0 bridgehead atoms. The number of halogens is 1. The highest BCUT2D eigenvalue weighted by Crippen LogP contribution is 2.19. The highest BCUT2D eigenvalue weighted by molar-refractivity contribution is 14.0. The van der Waals surface area contributed by atoms with Gasteiger partial charge in [-0.3, -0.25) is 9.79 Å². The van der Waals surface area contributed by atoms with Gasteiger partial charge in [0.15, 0.2) is 5.96 Å². The fourth-order valence-electron chi connectivity index (χ4n) is 3.66. The third-order valence-corrected chi connectivity index (χ3v) is 5.02. The van der Waals surface area contributed by atoms with E-state index >= 15 is 0 Å². The van der Waals surface area contributed by atoms with Crippen LogP contribution in [-0.2, 0) is 4.79 Å². The van der Waals surface area contributed by atoms with Crippen molar-refractivity contribution in [3.8, 4) is 0 Å². The molecule has 6 nitrogen and oxygen atoms in total. The molecule has 1 aromatic carbocycles. The maximum atomic E-state index is 11.6. The topological polar surface area (TPSA) is 60.0 Å². The molecule has 1 atom stereocenters. The second-order valence-corrected chi connectivity index (χ2v) is 7.01. The van der Waals surface area contributed by atoms with E-state index in [9.17, 15) is 4.79 Å². The zero-order valence-corrected chi connectivity index (χ0v) is 18.5. The fraction of sp³-hybridized carbons (Fsp3) is 0.600. The van der Waals surface area contributed by atoms with E-state index in [2.05, 4.69) is 52.8 Å². The van der Waals surface area contributed by atoms with E-state index < -0.39 is 0 Å². The number of benzene rings is 1. The van der Waals surface area contributed by atoms with Gasteiger partial charge in [-0.15, -0.1) is 24.0 Å². The van der Waals surface area contributed by atoms with E-state index in [0.717, 1.165) is 64.5 Å². The van der Waals surface area contributed by atoms with Gasteiger partial charge in [0.05, 0.1) is 0 Å². The van der Waals surface area contributed by atoms with Crippen molar-refractivity contribution in [1.29, 1.82) is 0 Å². The van der Waals surface area contributed by atoms with E-state index in [-0.39, 0.29) is 24.0 Å². The molecular formula is C20H32IN5O. The molecular weight excluding hydrogens is 453 g/mol. The van der Waals surface area contributed by atoms with Crippen molar-refractivity contribution in [2.45, 2.75) is 38.6 Å². The first-order chi connectivity index (χ1) is 12.8. The number of hydrogen-bond donors (Lipinski definition) is 2. The second kappa shape index (κ2) is 11.4. The molecule has 7 heteroatoms. The van der Waals surface area contributed by atoms with Crippen LogP contribution in [0.3, 0.4) is 0 Å². The number of amides is 1. The Morgan fingerprint density at radius 3 is 2.78 bits per heavy atom. The quantitative estimate of drug-likeness (QED) is 0.270. The first-order valence-corrected chi connectivity index (χ1v) is 9.89. The third-order valence-electron chi connectivity index (χ3n) is 5.02. The van der Waals surface area contributed by atoms with Gasteiger partial charge in [-0.05, 0) is 38.3 Å². The lowest BCUT2D eigenvalue weighted by atomic mass is 10.3. The normalized spacial score (nSPS) is 20.0. The highest BCUT2D eigenvalue weighted by atomic mass is 127. The molecule has 2 aliphatic heterocycles. The Balaban J connectivity index is 0.00000261. The van der Waals surface area contributed by atoms with Gasteiger partial charge in [-0.1, -0.05) is 18.2 Å². The third kappa shape index (κ3) is 6.55. The minimum Gasteiger partial charge on any atom is -0.369 e. The summed E-state index contributed by atoms with van der Waals surface area (Å²) in [6.45, 7) is 7.49. The van der Waals surface area contributed by atoms with E-state index in [1.54, 1.807) is 0 Å². The summed E-state index contributed by atoms with van der Waals surface area (Å²) >= 11 is 0. The molecule has 2 N–H and O–H groups in total. The first kappa shape index (κ1) is 21.8. The summed E-state index contributed by atoms with van der Waals surface area (Å²) in [5.41, 5.74) is 1.29. The Labute approximate surface area is 179 Å². The Bertz CT molecular complexity index is 610. The van der Waals surface area contributed by atoms with E-state index in [1.807, 2.05) is 4.90 Å². The van der Waals surface area contributed by atoms with Crippen LogP contribution >= 0.6 is 24.0 Å². The van der Waals surface area contributed by atoms with Gasteiger partial charge in [0.1, 0.15) is 0 Å². The summed E-state index contributed by atoms with van der Waals surface area (Å²) in [4.78, 5) is 20.7. The fourth-order valence-corrected chi connectivity index (χ4v) is 3.66. The molecule has 0 aromatic heterocycles. The number of nitrogens with one attached hydrogen (secondary N) is 2. The summed E-state index contributed by atoms with van der Waals surface area (Å²) in [7, 11) is 0. The average molecular weight is 485 g/mol. The van der Waals surface area contributed by atoms with Crippen LogP contribution in [0.2, 0.25) is 0 Å². The molecule has 1 unspecified atom stereocenters. The molecule has 0 radical (unpaired) electrons. The molecule has 2 saturated heterocycles. The number of rotatable bonds is 7. The molecule has 2 heterocycles. The van der Waals surface area contributed by atoms with Crippen molar-refractivity contribution < 1.29 is 4.79 Å². The Morgan fingerprint density at radius 1 is 1.26 bits per heavy atom. The standard InChI is InChI=1S/C20H31N5O.HI/c1-2-21-20(22-12-7-14-24-13-6-10-19(24)26)23-17-11-15-25(16-17)18-8-4-3-5-9-18;/h3-5,8-9,17H,2,6-7,10-16H2,1H3,(H2,21,22,23);1H. The number of aliphatic imine (C=N–C) groups is 1. The number of para-hydroxylation sites is 1. The van der Waals surface area contributed by atoms with Crippen LogP contribution in [-0.4, -0.2) is 62.1 Å². The predicted octanol–water partition coefficient (Wildman–Crippen LogP) is 2.45. The molecule has 3 rings (SSSR count). The van der Waals surface area contributed by atoms with Gasteiger partial charge in [-0.25, -0.2) is 0 Å². The number of carbonyl (C=O) groups excluding carboxylic acids is 1. The predicted molar refractivity (Wildman–Crippen MR) is 122 cm³/mol. The van der Waals surface area contributed by atoms with Gasteiger partial charge in [-0.2, -0.15) is 0 Å². The number of guanidine groups is 1. The largest absolute Gasteiger partial charge is 0.369 e. The zero-order chi connectivity index (χ0) is 18.2. The summed E-state index contributed by atoms with van der Waals surface area (Å²) < 4.78 is 0. The van der Waals surface area contributed by atoms with Gasteiger partial charge in [0.25, 0.3) is 0 Å². The van der Waals surface area contributed by atoms with Crippen molar-refractivity contribution in [2.24, 2.45) is 4.99 Å². The maximum Gasteiger partial charge on any atom is 0.222 e. The molecule has 2 aliphatic rings. The number of carbonyl (C=O) groups is 1. The number of hydrogen-bond acceptors (Lipinski definition) is 3. The minimum atomic E-state index is 0. The SMILES string of the molecule is CCNC(=NCCCN1CCCC1=O)NC1CCN(c2ccccc2)C1.I. The lowest BCUT2D eigenvalue weighted by Crippen LogP contribution is -2.44. The van der Waals surface area contributed by atoms with Gasteiger partial charge >= 0.3 is 0 Å². The number of nitrogens with zero attached hydrogens (tertiary/aromatic N) is 3. The highest BCUT2D eigenvalue weighted by Gasteiger charge is 2.23. The van der Waals surface area contributed by atoms with E-state index in [4.69, 9.17) is 4.99 Å². The van der Waals surface area contributed by atoms with Crippen LogP contribution in [0.1, 0.15) is 32.6 Å². The van der Waals surface area contributed by atoms with Crippen LogP contribution in [0, 0.1) is 0 Å². The number of anilines is 1. The number of likely N-dealkylation sites (tertiary alicyclic amines) is 1. The summed E-state index contributed by atoms with van der Waals surface area (Å²) in [6, 6.07) is 11.0. The molecule has 2 fully saturated rings. The summed E-state index contributed by atoms with van der Waals surface area (Å²) in [6.07, 6.45) is 3.75. The zero-order valence-electron chi connectivity index (χ0n) is 16.2. The van der Waals surface area contributed by atoms with Crippen LogP contribution in [0.25, 0.3) is 0 Å². The lowest BCUT2D eigenvalue weighted by Gasteiger charge is -2.20. The van der Waals surface area contributed by atoms with Crippen molar-refractivity contribution in [2.75, 3.05) is 44.2 Å². The molecule has 0 aliphatic carbocycles. The van der Waals surface area contributed by atoms with Crippen molar-refractivity contribution in [1.82, 2.24) is 15.5 Å². The van der Waals surface area contributed by atoms with Crippen LogP contribution < -0.4 is 15.5 Å². The average Bonchev–Trinajstić information content (AvgIpc) is 3.29. The Morgan fingerprint density at radius 2 is 2.07 bits per heavy atom. The molecule has 1 aromatic rings. The molecule has 150 valence electrons. The lowest BCUT2D eigenvalue weighted by molar-refractivity contribution is -0.127. The van der Waals surface area contributed by atoms with Crippen LogP contribution in [0.5, 0.6) is 0 Å². The van der Waals surface area contributed by atoms with Crippen molar-refractivity contribution in [3.05, 3.63) is 30.3 Å². The van der Waals surface area contributed by atoms with Gasteiger partial charge in [0.2, 0.25) is 5.91 Å². The minimum absolute atomic E-state index is 0. The second-order valence-electron chi connectivity index (χ2n) is 7.01. The van der Waals surface area contributed by atoms with Crippen molar-refractivity contribution in [3.63, 3.8) is 0 Å². The van der Waals surface area contributed by atoms with Gasteiger partial charge in [0, 0.05) is 57.4 Å². The van der Waals surface area contributed by atoms with E-state index in [0.29, 0.717) is 18.4 Å². The first-order valence-electron chi connectivity index (χ1n) is 9.89. The van der Waals surface area contributed by atoms with Crippen molar-refractivity contribution >= 4 is 41.5 Å². The summed E-state index contributed by atoms with van der Waals surface area (Å²) in [5.74, 6) is 1.19. The Kier molecular flexibility index (Phi) is 9.17. The Hall–Kier alpha value is -1.51. The molecule has 0 saturated carbocycles. The maximum absolute atomic E-state index is 11.6. The molecule has 0 spiro atoms. The van der Waals surface area contributed by atoms with Crippen LogP contribution in [0.4, 0.5) is 5.69 Å². The molecule has 1 amide bonds. The monoisotopic (exact) mass is 485 g/mol. The van der Waals surface area contributed by atoms with Crippen LogP contribution in [0.15, 0.2) is 35.3 Å². The molecule has 27 heavy (non-hydrogen) atoms. The summed E-state index contributed by atoms with van der Waals surface area (Å²) in [5, 5.41) is 6.91. The smallest absolute Gasteiger partial charge is 0.222 e. The van der Waals surface area contributed by atoms with Gasteiger partial charge < -0.3 is 20.4 Å². The van der Waals surface area contributed by atoms with E-state index in [1.165, 1.54) is 5.69 Å².